The van der Waals surface area contributed by atoms with E-state index >= 15 is 0 Å². The average Bonchev–Trinajstić information content (AvgIpc) is 2.61. The summed E-state index contributed by atoms with van der Waals surface area (Å²) >= 11 is 3.35. The predicted molar refractivity (Wildman–Crippen MR) is 70.2 cm³/mol. The number of halogens is 1. The molecule has 0 N–H and O–H groups in total. The van der Waals surface area contributed by atoms with E-state index in [-0.39, 0.29) is 0 Å². The number of nitrogens with zero attached hydrogens (tertiary/aromatic N) is 1. The van der Waals surface area contributed by atoms with Crippen LogP contribution in [0.2, 0.25) is 0 Å². The maximum absolute atomic E-state index is 12.2. The number of hydrogen-bond donors (Lipinski definition) is 0. The number of rotatable bonds is 3. The van der Waals surface area contributed by atoms with E-state index in [1.807, 2.05) is 38.1 Å². The number of hydrogen-bond acceptors (Lipinski definition) is 3. The Morgan fingerprint density at radius 2 is 1.94 bits per heavy atom. The highest BCUT2D eigenvalue weighted by Gasteiger charge is 2.13. The van der Waals surface area contributed by atoms with Crippen LogP contribution in [0.1, 0.15) is 17.0 Å². The minimum Gasteiger partial charge on any atom is -0.361 e. The lowest BCUT2D eigenvalue weighted by Gasteiger charge is -2.02. The molecule has 0 bridgehead atoms. The monoisotopic (exact) mass is 313 g/mol. The van der Waals surface area contributed by atoms with Gasteiger partial charge in [-0.2, -0.15) is 0 Å². The minimum absolute atomic E-state index is 0.447. The molecule has 0 spiro atoms. The zero-order valence-electron chi connectivity index (χ0n) is 9.57. The molecule has 0 saturated heterocycles. The second-order valence-corrected chi connectivity index (χ2v) is 6.11. The maximum atomic E-state index is 12.2. The quantitative estimate of drug-likeness (QED) is 0.872. The summed E-state index contributed by atoms with van der Waals surface area (Å²) in [6.45, 7) is 3.71. The summed E-state index contributed by atoms with van der Waals surface area (Å²) in [5, 5.41) is 3.86. The van der Waals surface area contributed by atoms with Crippen molar-refractivity contribution in [2.24, 2.45) is 0 Å². The summed E-state index contributed by atoms with van der Waals surface area (Å²) in [5.41, 5.74) is 1.75. The zero-order chi connectivity index (χ0) is 12.4. The van der Waals surface area contributed by atoms with E-state index in [9.17, 15) is 4.21 Å². The highest BCUT2D eigenvalue weighted by atomic mass is 79.9. The third kappa shape index (κ3) is 2.84. The topological polar surface area (TPSA) is 43.1 Å². The first-order valence-corrected chi connectivity index (χ1v) is 7.25. The molecule has 1 aromatic heterocycles. The van der Waals surface area contributed by atoms with Gasteiger partial charge in [-0.05, 0) is 38.1 Å². The van der Waals surface area contributed by atoms with Crippen molar-refractivity contribution >= 4 is 26.7 Å². The van der Waals surface area contributed by atoms with Gasteiger partial charge in [0.1, 0.15) is 5.76 Å². The predicted octanol–water partition coefficient (Wildman–Crippen LogP) is 3.36. The number of aryl methyl sites for hydroxylation is 2. The van der Waals surface area contributed by atoms with Gasteiger partial charge in [0.2, 0.25) is 0 Å². The van der Waals surface area contributed by atoms with Crippen molar-refractivity contribution in [3.63, 3.8) is 0 Å². The van der Waals surface area contributed by atoms with Crippen molar-refractivity contribution in [3.8, 4) is 0 Å². The van der Waals surface area contributed by atoms with E-state index in [1.165, 1.54) is 0 Å². The molecule has 90 valence electrons. The molecule has 0 radical (unpaired) electrons. The van der Waals surface area contributed by atoms with Crippen LogP contribution < -0.4 is 0 Å². The number of benzene rings is 1. The van der Waals surface area contributed by atoms with E-state index in [0.29, 0.717) is 5.75 Å². The lowest BCUT2D eigenvalue weighted by atomic mass is 10.2. The molecule has 0 aliphatic rings. The van der Waals surface area contributed by atoms with Crippen molar-refractivity contribution in [1.82, 2.24) is 5.16 Å². The van der Waals surface area contributed by atoms with Crippen molar-refractivity contribution in [2.75, 3.05) is 0 Å². The Labute approximate surface area is 111 Å². The lowest BCUT2D eigenvalue weighted by molar-refractivity contribution is 0.392. The first-order chi connectivity index (χ1) is 8.08. The first-order valence-electron chi connectivity index (χ1n) is 5.13. The van der Waals surface area contributed by atoms with Crippen LogP contribution in [0.3, 0.4) is 0 Å². The van der Waals surface area contributed by atoms with Crippen LogP contribution in [0.15, 0.2) is 38.2 Å². The Bertz CT molecular complexity index is 529. The molecule has 0 unspecified atom stereocenters. The normalized spacial score (nSPS) is 12.6. The Balaban J connectivity index is 2.20. The fourth-order valence-corrected chi connectivity index (χ4v) is 3.05. The van der Waals surface area contributed by atoms with Crippen LogP contribution >= 0.6 is 15.9 Å². The molecule has 0 fully saturated rings. The zero-order valence-corrected chi connectivity index (χ0v) is 12.0. The first kappa shape index (κ1) is 12.5. The Morgan fingerprint density at radius 1 is 1.29 bits per heavy atom. The second-order valence-electron chi connectivity index (χ2n) is 3.75. The molecule has 1 heterocycles. The molecule has 3 nitrogen and oxygen atoms in total. The molecule has 1 aromatic carbocycles. The van der Waals surface area contributed by atoms with Gasteiger partial charge < -0.3 is 4.52 Å². The molecular formula is C12H12BrNO2S. The highest BCUT2D eigenvalue weighted by molar-refractivity contribution is 9.10. The van der Waals surface area contributed by atoms with Gasteiger partial charge in [-0.15, -0.1) is 0 Å². The summed E-state index contributed by atoms with van der Waals surface area (Å²) in [6, 6.07) is 7.50. The number of aromatic nitrogens is 1. The van der Waals surface area contributed by atoms with Gasteiger partial charge >= 0.3 is 0 Å². The summed E-state index contributed by atoms with van der Waals surface area (Å²) in [5.74, 6) is 1.19. The molecule has 0 aliphatic heterocycles. The SMILES string of the molecule is Cc1noc(C)c1C[S@@](=O)c1ccc(Br)cc1. The summed E-state index contributed by atoms with van der Waals surface area (Å²) in [4.78, 5) is 0.813. The molecule has 0 aliphatic carbocycles. The van der Waals surface area contributed by atoms with Gasteiger partial charge in [0.25, 0.3) is 0 Å². The van der Waals surface area contributed by atoms with Gasteiger partial charge in [0.15, 0.2) is 0 Å². The minimum atomic E-state index is -1.06. The van der Waals surface area contributed by atoms with Crippen molar-refractivity contribution in [1.29, 1.82) is 0 Å². The molecule has 0 amide bonds. The van der Waals surface area contributed by atoms with E-state index < -0.39 is 10.8 Å². The van der Waals surface area contributed by atoms with Gasteiger partial charge in [0.05, 0.1) is 22.2 Å². The van der Waals surface area contributed by atoms with Gasteiger partial charge in [-0.3, -0.25) is 4.21 Å². The smallest absolute Gasteiger partial charge is 0.138 e. The average molecular weight is 314 g/mol. The van der Waals surface area contributed by atoms with Crippen LogP contribution in [0.4, 0.5) is 0 Å². The molecule has 2 rings (SSSR count). The molecule has 5 heteroatoms. The van der Waals surface area contributed by atoms with E-state index in [1.54, 1.807) is 0 Å². The Hall–Kier alpha value is -0.940. The van der Waals surface area contributed by atoms with Crippen LogP contribution in [0.25, 0.3) is 0 Å². The van der Waals surface area contributed by atoms with Crippen molar-refractivity contribution in [2.45, 2.75) is 24.5 Å². The highest BCUT2D eigenvalue weighted by Crippen LogP contribution is 2.19. The molecule has 0 saturated carbocycles. The Morgan fingerprint density at radius 3 is 2.47 bits per heavy atom. The largest absolute Gasteiger partial charge is 0.361 e. The van der Waals surface area contributed by atoms with Gasteiger partial charge in [-0.25, -0.2) is 0 Å². The van der Waals surface area contributed by atoms with E-state index in [2.05, 4.69) is 21.1 Å². The molecule has 17 heavy (non-hydrogen) atoms. The summed E-state index contributed by atoms with van der Waals surface area (Å²) < 4.78 is 18.2. The lowest BCUT2D eigenvalue weighted by Crippen LogP contribution is -1.98. The molecule has 2 aromatic rings. The third-order valence-corrected chi connectivity index (χ3v) is 4.41. The van der Waals surface area contributed by atoms with Crippen LogP contribution in [-0.4, -0.2) is 9.37 Å². The standard InChI is InChI=1S/C12H12BrNO2S/c1-8-12(9(2)16-14-8)7-17(15)11-5-3-10(13)4-6-11/h3-6H,7H2,1-2H3/t17-/m1/s1. The van der Waals surface area contributed by atoms with Gasteiger partial charge in [0, 0.05) is 14.9 Å². The molecule has 1 atom stereocenters. The van der Waals surface area contributed by atoms with Crippen molar-refractivity contribution in [3.05, 3.63) is 45.8 Å². The van der Waals surface area contributed by atoms with Gasteiger partial charge in [-0.1, -0.05) is 21.1 Å². The third-order valence-electron chi connectivity index (χ3n) is 2.53. The fraction of sp³-hybridized carbons (Fsp3) is 0.250. The van der Waals surface area contributed by atoms with Crippen LogP contribution in [-0.2, 0) is 16.6 Å². The van der Waals surface area contributed by atoms with Crippen molar-refractivity contribution < 1.29 is 8.73 Å². The second kappa shape index (κ2) is 5.14. The maximum Gasteiger partial charge on any atom is 0.138 e. The Kier molecular flexibility index (Phi) is 3.79. The fourth-order valence-electron chi connectivity index (χ4n) is 1.51. The van der Waals surface area contributed by atoms with Crippen LogP contribution in [0, 0.1) is 13.8 Å². The van der Waals surface area contributed by atoms with E-state index in [4.69, 9.17) is 4.52 Å². The van der Waals surface area contributed by atoms with Crippen LogP contribution in [0.5, 0.6) is 0 Å². The van der Waals surface area contributed by atoms with E-state index in [0.717, 1.165) is 26.4 Å². The molecular weight excluding hydrogens is 302 g/mol. The summed E-state index contributed by atoms with van der Waals surface area (Å²) in [7, 11) is -1.06. The summed E-state index contributed by atoms with van der Waals surface area (Å²) in [6.07, 6.45) is 0.